The van der Waals surface area contributed by atoms with E-state index in [2.05, 4.69) is 17.1 Å². The maximum atomic E-state index is 12.4. The van der Waals surface area contributed by atoms with Crippen molar-refractivity contribution in [1.82, 2.24) is 10.2 Å². The summed E-state index contributed by atoms with van der Waals surface area (Å²) < 4.78 is 37.3. The molecule has 1 saturated heterocycles. The van der Waals surface area contributed by atoms with Crippen molar-refractivity contribution in [3.63, 3.8) is 0 Å². The van der Waals surface area contributed by atoms with Crippen molar-refractivity contribution in [3.8, 4) is 0 Å². The van der Waals surface area contributed by atoms with Crippen LogP contribution in [0.1, 0.15) is 26.2 Å². The van der Waals surface area contributed by atoms with Gasteiger partial charge in [0.2, 0.25) is 0 Å². The molecular formula is C11H21F3N2. The summed E-state index contributed by atoms with van der Waals surface area (Å²) in [6.45, 7) is 4.09. The summed E-state index contributed by atoms with van der Waals surface area (Å²) in [6, 6.07) is 0.391. The van der Waals surface area contributed by atoms with Crippen molar-refractivity contribution < 1.29 is 13.2 Å². The zero-order valence-corrected chi connectivity index (χ0v) is 9.98. The van der Waals surface area contributed by atoms with Crippen molar-refractivity contribution in [3.05, 3.63) is 0 Å². The van der Waals surface area contributed by atoms with Crippen LogP contribution in [-0.2, 0) is 0 Å². The number of piperidine rings is 1. The molecule has 0 aromatic heterocycles. The summed E-state index contributed by atoms with van der Waals surface area (Å²) in [5.41, 5.74) is 0. The van der Waals surface area contributed by atoms with Crippen molar-refractivity contribution in [1.29, 1.82) is 0 Å². The molecule has 0 saturated carbocycles. The second-order valence-corrected chi connectivity index (χ2v) is 4.51. The van der Waals surface area contributed by atoms with Gasteiger partial charge in [0.15, 0.2) is 0 Å². The highest BCUT2D eigenvalue weighted by Gasteiger charge is 2.41. The van der Waals surface area contributed by atoms with Crippen LogP contribution >= 0.6 is 0 Å². The Bertz CT molecular complexity index is 194. The third-order valence-corrected chi connectivity index (χ3v) is 3.43. The van der Waals surface area contributed by atoms with Gasteiger partial charge in [-0.15, -0.1) is 0 Å². The maximum Gasteiger partial charge on any atom is 0.391 e. The van der Waals surface area contributed by atoms with Gasteiger partial charge in [-0.05, 0) is 39.4 Å². The third kappa shape index (κ3) is 3.94. The van der Waals surface area contributed by atoms with Crippen molar-refractivity contribution in [2.24, 2.45) is 5.92 Å². The fourth-order valence-corrected chi connectivity index (χ4v) is 2.18. The number of alkyl halides is 3. The minimum atomic E-state index is -4.00. The Kier molecular flexibility index (Phi) is 5.05. The number of nitrogens with zero attached hydrogens (tertiary/aromatic N) is 1. The minimum Gasteiger partial charge on any atom is -0.316 e. The second-order valence-electron chi connectivity index (χ2n) is 4.51. The molecule has 2 nitrogen and oxygen atoms in total. The van der Waals surface area contributed by atoms with E-state index >= 15 is 0 Å². The Morgan fingerprint density at radius 3 is 2.25 bits per heavy atom. The number of hydrogen-bond acceptors (Lipinski definition) is 2. The Labute approximate surface area is 95.2 Å². The van der Waals surface area contributed by atoms with E-state index in [0.29, 0.717) is 19.1 Å². The molecule has 0 amide bonds. The number of rotatable bonds is 4. The molecular weight excluding hydrogens is 217 g/mol. The third-order valence-electron chi connectivity index (χ3n) is 3.43. The van der Waals surface area contributed by atoms with Gasteiger partial charge in [-0.1, -0.05) is 6.92 Å². The largest absolute Gasteiger partial charge is 0.391 e. The van der Waals surface area contributed by atoms with Gasteiger partial charge in [-0.2, -0.15) is 13.2 Å². The molecule has 0 aromatic carbocycles. The highest BCUT2D eigenvalue weighted by atomic mass is 19.4. The van der Waals surface area contributed by atoms with E-state index in [1.807, 2.05) is 7.05 Å². The van der Waals surface area contributed by atoms with Crippen molar-refractivity contribution in [2.75, 3.05) is 26.7 Å². The number of likely N-dealkylation sites (N-methyl/N-ethyl adjacent to an activating group) is 1. The zero-order valence-electron chi connectivity index (χ0n) is 9.98. The van der Waals surface area contributed by atoms with E-state index in [1.54, 1.807) is 0 Å². The second kappa shape index (κ2) is 5.87. The lowest BCUT2D eigenvalue weighted by atomic mass is 9.96. The van der Waals surface area contributed by atoms with Crippen LogP contribution in [0.3, 0.4) is 0 Å². The Morgan fingerprint density at radius 1 is 1.31 bits per heavy atom. The van der Waals surface area contributed by atoms with Crippen LogP contribution in [0, 0.1) is 5.92 Å². The van der Waals surface area contributed by atoms with E-state index in [0.717, 1.165) is 13.0 Å². The Morgan fingerprint density at radius 2 is 1.88 bits per heavy atom. The van der Waals surface area contributed by atoms with E-state index < -0.39 is 12.1 Å². The van der Waals surface area contributed by atoms with Crippen LogP contribution in [-0.4, -0.2) is 43.8 Å². The molecule has 1 atom stereocenters. The van der Waals surface area contributed by atoms with E-state index in [4.69, 9.17) is 0 Å². The number of halogens is 3. The normalized spacial score (nSPS) is 22.3. The lowest BCUT2D eigenvalue weighted by Gasteiger charge is -2.34. The topological polar surface area (TPSA) is 15.3 Å². The molecule has 0 bridgehead atoms. The predicted molar refractivity (Wildman–Crippen MR) is 58.4 cm³/mol. The smallest absolute Gasteiger partial charge is 0.316 e. The molecule has 1 fully saturated rings. The van der Waals surface area contributed by atoms with Gasteiger partial charge in [0.25, 0.3) is 0 Å². The first-order valence-corrected chi connectivity index (χ1v) is 5.93. The molecule has 1 aliphatic rings. The van der Waals surface area contributed by atoms with Gasteiger partial charge in [0.1, 0.15) is 0 Å². The van der Waals surface area contributed by atoms with E-state index in [9.17, 15) is 13.2 Å². The SMILES string of the molecule is CCC(CN1CCC(C(F)(F)F)CC1)NC. The average Bonchev–Trinajstić information content (AvgIpc) is 2.25. The predicted octanol–water partition coefficient (Wildman–Crippen LogP) is 2.26. The molecule has 1 aliphatic heterocycles. The first kappa shape index (κ1) is 13.8. The lowest BCUT2D eigenvalue weighted by Crippen LogP contribution is -2.45. The highest BCUT2D eigenvalue weighted by Crippen LogP contribution is 2.34. The molecule has 96 valence electrons. The molecule has 16 heavy (non-hydrogen) atoms. The van der Waals surface area contributed by atoms with Gasteiger partial charge >= 0.3 is 6.18 Å². The molecule has 1 rings (SSSR count). The summed E-state index contributed by atoms with van der Waals surface area (Å²) in [7, 11) is 1.90. The van der Waals surface area contributed by atoms with Crippen LogP contribution in [0.2, 0.25) is 0 Å². The standard InChI is InChI=1S/C11H21F3N2/c1-3-10(15-2)8-16-6-4-9(5-7-16)11(12,13)14/h9-10,15H,3-8H2,1-2H3. The molecule has 0 spiro atoms. The first-order valence-electron chi connectivity index (χ1n) is 5.93. The van der Waals surface area contributed by atoms with E-state index in [-0.39, 0.29) is 12.8 Å². The molecule has 1 heterocycles. The summed E-state index contributed by atoms with van der Waals surface area (Å²) in [5.74, 6) is -1.08. The van der Waals surface area contributed by atoms with Crippen LogP contribution in [0.15, 0.2) is 0 Å². The molecule has 0 aromatic rings. The Balaban J connectivity index is 2.32. The lowest BCUT2D eigenvalue weighted by molar-refractivity contribution is -0.185. The fourth-order valence-electron chi connectivity index (χ4n) is 2.18. The van der Waals surface area contributed by atoms with E-state index in [1.165, 1.54) is 0 Å². The monoisotopic (exact) mass is 238 g/mol. The summed E-state index contributed by atoms with van der Waals surface area (Å²) in [4.78, 5) is 2.13. The van der Waals surface area contributed by atoms with Crippen molar-refractivity contribution >= 4 is 0 Å². The quantitative estimate of drug-likeness (QED) is 0.808. The highest BCUT2D eigenvalue weighted by molar-refractivity contribution is 4.79. The number of likely N-dealkylation sites (tertiary alicyclic amines) is 1. The van der Waals surface area contributed by atoms with Gasteiger partial charge in [-0.3, -0.25) is 0 Å². The first-order chi connectivity index (χ1) is 7.47. The maximum absolute atomic E-state index is 12.4. The van der Waals surface area contributed by atoms with Crippen LogP contribution < -0.4 is 5.32 Å². The molecule has 1 N–H and O–H groups in total. The molecule has 0 aliphatic carbocycles. The summed E-state index contributed by atoms with van der Waals surface area (Å²) >= 11 is 0. The van der Waals surface area contributed by atoms with Gasteiger partial charge in [-0.25, -0.2) is 0 Å². The number of hydrogen-bond donors (Lipinski definition) is 1. The zero-order chi connectivity index (χ0) is 12.2. The van der Waals surface area contributed by atoms with Crippen LogP contribution in [0.25, 0.3) is 0 Å². The summed E-state index contributed by atoms with van der Waals surface area (Å²) in [6.07, 6.45) is -2.48. The fraction of sp³-hybridized carbons (Fsp3) is 1.00. The van der Waals surface area contributed by atoms with Crippen LogP contribution in [0.4, 0.5) is 13.2 Å². The van der Waals surface area contributed by atoms with Crippen molar-refractivity contribution in [2.45, 2.75) is 38.4 Å². The van der Waals surface area contributed by atoms with Crippen LogP contribution in [0.5, 0.6) is 0 Å². The molecule has 1 unspecified atom stereocenters. The number of nitrogens with one attached hydrogen (secondary N) is 1. The van der Waals surface area contributed by atoms with Gasteiger partial charge < -0.3 is 10.2 Å². The Hall–Kier alpha value is -0.290. The average molecular weight is 238 g/mol. The van der Waals surface area contributed by atoms with Gasteiger partial charge in [0, 0.05) is 12.6 Å². The molecule has 5 heteroatoms. The summed E-state index contributed by atoms with van der Waals surface area (Å²) in [5, 5.41) is 3.18. The van der Waals surface area contributed by atoms with Gasteiger partial charge in [0.05, 0.1) is 5.92 Å². The minimum absolute atomic E-state index is 0.254. The molecule has 0 radical (unpaired) electrons.